The smallest absolute Gasteiger partial charge is 0.258 e. The summed E-state index contributed by atoms with van der Waals surface area (Å²) in [5, 5.41) is 5.28. The molecule has 2 heterocycles. The molecule has 3 aromatic carbocycles. The average molecular weight is 368 g/mol. The minimum atomic E-state index is -0.0126. The minimum Gasteiger partial charge on any atom is -0.306 e. The number of pyridine rings is 2. The molecule has 0 bridgehead atoms. The lowest BCUT2D eigenvalue weighted by Gasteiger charge is -2.18. The van der Waals surface area contributed by atoms with Crippen molar-refractivity contribution in [3.8, 4) is 0 Å². The van der Waals surface area contributed by atoms with Crippen LogP contribution in [0.5, 0.6) is 0 Å². The second kappa shape index (κ2) is 6.06. The molecule has 5 aromatic rings. The molecule has 0 saturated heterocycles. The van der Waals surface area contributed by atoms with Gasteiger partial charge >= 0.3 is 0 Å². The van der Waals surface area contributed by atoms with Gasteiger partial charge in [-0.05, 0) is 36.8 Å². The van der Waals surface area contributed by atoms with Crippen LogP contribution in [0.15, 0.2) is 70.3 Å². The van der Waals surface area contributed by atoms with Gasteiger partial charge < -0.3 is 9.13 Å². The highest BCUT2D eigenvalue weighted by molar-refractivity contribution is 6.19. The summed E-state index contributed by atoms with van der Waals surface area (Å²) in [5.41, 5.74) is 1.66. The van der Waals surface area contributed by atoms with E-state index in [9.17, 15) is 9.59 Å². The van der Waals surface area contributed by atoms with Gasteiger partial charge in [0.2, 0.25) is 0 Å². The normalized spacial score (nSPS) is 11.8. The van der Waals surface area contributed by atoms with E-state index >= 15 is 0 Å². The van der Waals surface area contributed by atoms with Crippen molar-refractivity contribution >= 4 is 43.4 Å². The third kappa shape index (κ3) is 2.06. The largest absolute Gasteiger partial charge is 0.306 e. The van der Waals surface area contributed by atoms with Crippen molar-refractivity contribution < 1.29 is 0 Å². The zero-order valence-electron chi connectivity index (χ0n) is 15.9. The van der Waals surface area contributed by atoms with Crippen molar-refractivity contribution in [3.05, 3.63) is 81.4 Å². The molecule has 4 nitrogen and oxygen atoms in total. The minimum absolute atomic E-state index is 0.0126. The Morgan fingerprint density at radius 2 is 0.893 bits per heavy atom. The second-order valence-corrected chi connectivity index (χ2v) is 7.05. The summed E-state index contributed by atoms with van der Waals surface area (Å²) in [5.74, 6) is 0. The fourth-order valence-corrected chi connectivity index (χ4v) is 4.47. The molecule has 0 amide bonds. The quantitative estimate of drug-likeness (QED) is 0.425. The van der Waals surface area contributed by atoms with Crippen molar-refractivity contribution in [2.75, 3.05) is 0 Å². The lowest BCUT2D eigenvalue weighted by Crippen LogP contribution is -2.24. The highest BCUT2D eigenvalue weighted by atomic mass is 16.1. The highest BCUT2D eigenvalue weighted by Gasteiger charge is 2.17. The molecule has 0 spiro atoms. The van der Waals surface area contributed by atoms with Gasteiger partial charge in [0.1, 0.15) is 0 Å². The number of benzene rings is 3. The van der Waals surface area contributed by atoms with Gasteiger partial charge in [0.15, 0.2) is 0 Å². The average Bonchev–Trinajstić information content (AvgIpc) is 2.74. The van der Waals surface area contributed by atoms with Gasteiger partial charge in [-0.15, -0.1) is 0 Å². The van der Waals surface area contributed by atoms with Gasteiger partial charge in [-0.3, -0.25) is 9.59 Å². The van der Waals surface area contributed by atoms with E-state index in [-0.39, 0.29) is 11.1 Å². The van der Waals surface area contributed by atoms with E-state index in [0.717, 1.165) is 32.6 Å². The molecule has 0 aliphatic carbocycles. The molecular formula is C24H20N2O2. The highest BCUT2D eigenvalue weighted by Crippen LogP contribution is 2.32. The number of fused-ring (bicyclic) bond motifs is 7. The number of aromatic nitrogens is 2. The van der Waals surface area contributed by atoms with E-state index in [1.807, 2.05) is 62.4 Å². The van der Waals surface area contributed by atoms with Crippen LogP contribution in [0, 0.1) is 0 Å². The van der Waals surface area contributed by atoms with Crippen LogP contribution in [0.1, 0.15) is 13.8 Å². The Morgan fingerprint density at radius 3 is 1.25 bits per heavy atom. The van der Waals surface area contributed by atoms with Gasteiger partial charge in [0, 0.05) is 34.6 Å². The van der Waals surface area contributed by atoms with Crippen molar-refractivity contribution in [3.63, 3.8) is 0 Å². The molecule has 0 saturated carbocycles. The number of hydrogen-bond donors (Lipinski definition) is 0. The molecule has 0 fully saturated rings. The van der Waals surface area contributed by atoms with E-state index < -0.39 is 0 Å². The monoisotopic (exact) mass is 368 g/mol. The van der Waals surface area contributed by atoms with Crippen LogP contribution in [0.25, 0.3) is 43.4 Å². The Bertz CT molecular complexity index is 1410. The summed E-state index contributed by atoms with van der Waals surface area (Å²) in [6, 6.07) is 19.6. The maximum atomic E-state index is 13.2. The predicted molar refractivity (Wildman–Crippen MR) is 116 cm³/mol. The number of nitrogens with zero attached hydrogens (tertiary/aromatic N) is 2. The van der Waals surface area contributed by atoms with Crippen molar-refractivity contribution in [2.24, 2.45) is 0 Å². The Labute approximate surface area is 161 Å². The first-order chi connectivity index (χ1) is 13.7. The molecule has 5 rings (SSSR count). The molecule has 4 heteroatoms. The summed E-state index contributed by atoms with van der Waals surface area (Å²) < 4.78 is 3.61. The summed E-state index contributed by atoms with van der Waals surface area (Å²) in [4.78, 5) is 26.5. The zero-order chi connectivity index (χ0) is 19.4. The maximum Gasteiger partial charge on any atom is 0.258 e. The van der Waals surface area contributed by atoms with Gasteiger partial charge in [-0.25, -0.2) is 0 Å². The van der Waals surface area contributed by atoms with Crippen molar-refractivity contribution in [1.82, 2.24) is 9.13 Å². The Morgan fingerprint density at radius 1 is 0.536 bits per heavy atom. The van der Waals surface area contributed by atoms with E-state index in [2.05, 4.69) is 12.1 Å². The fraction of sp³-hybridized carbons (Fsp3) is 0.167. The first-order valence-corrected chi connectivity index (χ1v) is 9.66. The molecule has 0 unspecified atom stereocenters. The maximum absolute atomic E-state index is 13.2. The number of hydrogen-bond acceptors (Lipinski definition) is 2. The van der Waals surface area contributed by atoms with Gasteiger partial charge in [-0.1, -0.05) is 48.5 Å². The Balaban J connectivity index is 2.21. The second-order valence-electron chi connectivity index (χ2n) is 7.05. The van der Waals surface area contributed by atoms with E-state index in [0.29, 0.717) is 23.9 Å². The fourth-order valence-electron chi connectivity index (χ4n) is 4.47. The lowest BCUT2D eigenvalue weighted by atomic mass is 10.00. The lowest BCUT2D eigenvalue weighted by molar-refractivity contribution is 0.747. The zero-order valence-corrected chi connectivity index (χ0v) is 15.9. The molecular weight excluding hydrogens is 348 g/mol. The van der Waals surface area contributed by atoms with Crippen LogP contribution < -0.4 is 11.1 Å². The molecule has 0 aliphatic heterocycles. The standard InChI is InChI=1S/C24H20N2O2/c1-3-25-21-17(15-9-5-7-11-19(15)23(25)27)13-14-18-16-10-6-8-12-20(16)24(28)26(4-2)22(18)21/h5-14H,3-4H2,1-2H3. The molecule has 138 valence electrons. The van der Waals surface area contributed by atoms with Crippen LogP contribution in [0.4, 0.5) is 0 Å². The number of aryl methyl sites for hydroxylation is 2. The van der Waals surface area contributed by atoms with E-state index in [1.54, 1.807) is 9.13 Å². The van der Waals surface area contributed by atoms with E-state index in [4.69, 9.17) is 0 Å². The summed E-state index contributed by atoms with van der Waals surface area (Å²) in [7, 11) is 0. The molecule has 0 N–H and O–H groups in total. The van der Waals surface area contributed by atoms with Gasteiger partial charge in [0.05, 0.1) is 11.0 Å². The summed E-state index contributed by atoms with van der Waals surface area (Å²) in [6.07, 6.45) is 0. The van der Waals surface area contributed by atoms with E-state index in [1.165, 1.54) is 0 Å². The predicted octanol–water partition coefficient (Wildman–Crippen LogP) is 4.66. The van der Waals surface area contributed by atoms with Crippen LogP contribution in [-0.2, 0) is 13.1 Å². The first-order valence-electron chi connectivity index (χ1n) is 9.66. The Hall–Kier alpha value is -3.40. The van der Waals surface area contributed by atoms with Crippen LogP contribution in [0.3, 0.4) is 0 Å². The molecule has 0 radical (unpaired) electrons. The SMILES string of the molecule is CCn1c(=O)c2ccccc2c2ccc3c4ccccc4c(=O)n(CC)c3c21. The number of rotatable bonds is 2. The van der Waals surface area contributed by atoms with Crippen LogP contribution >= 0.6 is 0 Å². The molecule has 0 atom stereocenters. The molecule has 28 heavy (non-hydrogen) atoms. The van der Waals surface area contributed by atoms with Crippen molar-refractivity contribution in [2.45, 2.75) is 26.9 Å². The van der Waals surface area contributed by atoms with Gasteiger partial charge in [0.25, 0.3) is 11.1 Å². The van der Waals surface area contributed by atoms with Crippen LogP contribution in [0.2, 0.25) is 0 Å². The first kappa shape index (κ1) is 16.8. The summed E-state index contributed by atoms with van der Waals surface area (Å²) >= 11 is 0. The molecule has 0 aliphatic rings. The Kier molecular flexibility index (Phi) is 3.63. The van der Waals surface area contributed by atoms with Crippen LogP contribution in [-0.4, -0.2) is 9.13 Å². The topological polar surface area (TPSA) is 44.0 Å². The molecule has 2 aromatic heterocycles. The van der Waals surface area contributed by atoms with Gasteiger partial charge in [-0.2, -0.15) is 0 Å². The third-order valence-electron chi connectivity index (χ3n) is 5.71. The third-order valence-corrected chi connectivity index (χ3v) is 5.71. The van der Waals surface area contributed by atoms with Crippen molar-refractivity contribution in [1.29, 1.82) is 0 Å². The summed E-state index contributed by atoms with van der Waals surface area (Å²) in [6.45, 7) is 5.04.